The summed E-state index contributed by atoms with van der Waals surface area (Å²) in [5, 5.41) is 0.793. The van der Waals surface area contributed by atoms with Gasteiger partial charge in [0.05, 0.1) is 12.4 Å². The summed E-state index contributed by atoms with van der Waals surface area (Å²) in [5.74, 6) is 0. The van der Waals surface area contributed by atoms with Gasteiger partial charge >= 0.3 is 0 Å². The zero-order valence-corrected chi connectivity index (χ0v) is 9.56. The van der Waals surface area contributed by atoms with Gasteiger partial charge in [-0.15, -0.1) is 0 Å². The maximum atomic E-state index is 6.22. The Kier molecular flexibility index (Phi) is 2.40. The lowest BCUT2D eigenvalue weighted by Crippen LogP contribution is -2.18. The van der Waals surface area contributed by atoms with Crippen LogP contribution >= 0.6 is 11.6 Å². The average molecular weight is 234 g/mol. The summed E-state index contributed by atoms with van der Waals surface area (Å²) in [4.78, 5) is 8.37. The van der Waals surface area contributed by atoms with Crippen molar-refractivity contribution < 1.29 is 0 Å². The van der Waals surface area contributed by atoms with E-state index in [4.69, 9.17) is 11.6 Å². The van der Waals surface area contributed by atoms with E-state index in [0.717, 1.165) is 23.4 Å². The van der Waals surface area contributed by atoms with Crippen molar-refractivity contribution in [1.82, 2.24) is 14.5 Å². The third-order valence-corrected chi connectivity index (χ3v) is 3.49. The Balaban J connectivity index is 2.08. The first-order valence-electron chi connectivity index (χ1n) is 5.46. The van der Waals surface area contributed by atoms with Crippen LogP contribution in [0.3, 0.4) is 0 Å². The zero-order valence-electron chi connectivity index (χ0n) is 8.81. The molecule has 3 nitrogen and oxygen atoms in total. The van der Waals surface area contributed by atoms with Gasteiger partial charge in [0, 0.05) is 34.9 Å². The lowest BCUT2D eigenvalue weighted by Gasteiger charge is -2.26. The van der Waals surface area contributed by atoms with Crippen LogP contribution in [0.2, 0.25) is 5.02 Å². The second kappa shape index (κ2) is 3.91. The number of fused-ring (bicyclic) bond motifs is 1. The fourth-order valence-corrected chi connectivity index (χ4v) is 2.59. The van der Waals surface area contributed by atoms with Gasteiger partial charge in [0.1, 0.15) is 0 Å². The van der Waals surface area contributed by atoms with E-state index in [1.54, 1.807) is 6.20 Å². The molecule has 2 aromatic heterocycles. The summed E-state index contributed by atoms with van der Waals surface area (Å²) < 4.78 is 2.21. The number of hydrogen-bond acceptors (Lipinski definition) is 2. The molecule has 4 heteroatoms. The summed E-state index contributed by atoms with van der Waals surface area (Å²) in [6, 6.07) is 2.15. The van der Waals surface area contributed by atoms with Gasteiger partial charge in [-0.1, -0.05) is 11.6 Å². The predicted octanol–water partition coefficient (Wildman–Crippen LogP) is 2.86. The molecule has 0 aromatic carbocycles. The molecule has 0 aliphatic carbocycles. The maximum absolute atomic E-state index is 6.22. The normalized spacial score (nSPS) is 19.4. The highest BCUT2D eigenvalue weighted by Gasteiger charge is 2.22. The second-order valence-corrected chi connectivity index (χ2v) is 4.50. The summed E-state index contributed by atoms with van der Waals surface area (Å²) in [6.45, 7) is 0. The van der Waals surface area contributed by atoms with E-state index in [2.05, 4.69) is 14.5 Å². The molecule has 0 spiro atoms. The molecular weight excluding hydrogens is 222 g/mol. The monoisotopic (exact) mass is 233 g/mol. The van der Waals surface area contributed by atoms with Crippen molar-refractivity contribution in [2.45, 2.75) is 25.3 Å². The fourth-order valence-electron chi connectivity index (χ4n) is 2.36. The molecule has 1 aliphatic heterocycles. The van der Waals surface area contributed by atoms with Crippen LogP contribution in [-0.2, 0) is 6.42 Å². The molecule has 0 radical (unpaired) electrons. The standard InChI is InChI=1S/C12H12ClN3/c13-11-4-5-14-7-10(11)12-3-1-2-9-6-15-8-16(9)12/h4-8,12H,1-3H2. The van der Waals surface area contributed by atoms with Crippen LogP contribution in [0, 0.1) is 0 Å². The lowest BCUT2D eigenvalue weighted by molar-refractivity contribution is 0.457. The third kappa shape index (κ3) is 1.52. The number of imidazole rings is 1. The molecule has 0 saturated carbocycles. The number of nitrogens with zero attached hydrogens (tertiary/aromatic N) is 3. The number of pyridine rings is 1. The van der Waals surface area contributed by atoms with Crippen LogP contribution in [0.4, 0.5) is 0 Å². The first-order chi connectivity index (χ1) is 7.86. The minimum absolute atomic E-state index is 0.299. The van der Waals surface area contributed by atoms with Crippen LogP contribution in [0.5, 0.6) is 0 Å². The predicted molar refractivity (Wildman–Crippen MR) is 62.6 cm³/mol. The van der Waals surface area contributed by atoms with Crippen LogP contribution in [0.15, 0.2) is 31.0 Å². The van der Waals surface area contributed by atoms with Gasteiger partial charge in [0.25, 0.3) is 0 Å². The van der Waals surface area contributed by atoms with E-state index in [1.807, 2.05) is 24.8 Å². The first kappa shape index (κ1) is 9.85. The molecule has 3 heterocycles. The molecule has 0 N–H and O–H groups in total. The van der Waals surface area contributed by atoms with Crippen LogP contribution < -0.4 is 0 Å². The molecule has 0 fully saturated rings. The Morgan fingerprint density at radius 3 is 3.12 bits per heavy atom. The van der Waals surface area contributed by atoms with Crippen LogP contribution in [-0.4, -0.2) is 14.5 Å². The second-order valence-electron chi connectivity index (χ2n) is 4.10. The highest BCUT2D eigenvalue weighted by Crippen LogP contribution is 2.33. The van der Waals surface area contributed by atoms with Crippen LogP contribution in [0.1, 0.15) is 30.1 Å². The molecule has 1 unspecified atom stereocenters. The highest BCUT2D eigenvalue weighted by molar-refractivity contribution is 6.31. The fraction of sp³-hybridized carbons (Fsp3) is 0.333. The minimum atomic E-state index is 0.299. The Hall–Kier alpha value is -1.35. The van der Waals surface area contributed by atoms with Crippen LogP contribution in [0.25, 0.3) is 0 Å². The van der Waals surface area contributed by atoms with Crippen molar-refractivity contribution >= 4 is 11.6 Å². The number of hydrogen-bond donors (Lipinski definition) is 0. The van der Waals surface area contributed by atoms with Crippen molar-refractivity contribution in [2.24, 2.45) is 0 Å². The first-order valence-corrected chi connectivity index (χ1v) is 5.84. The smallest absolute Gasteiger partial charge is 0.0953 e. The van der Waals surface area contributed by atoms with Gasteiger partial charge in [-0.05, 0) is 25.3 Å². The molecule has 82 valence electrons. The van der Waals surface area contributed by atoms with Gasteiger partial charge in [-0.3, -0.25) is 4.98 Å². The third-order valence-electron chi connectivity index (χ3n) is 3.15. The van der Waals surface area contributed by atoms with E-state index < -0.39 is 0 Å². The topological polar surface area (TPSA) is 30.7 Å². The summed E-state index contributed by atoms with van der Waals surface area (Å²) >= 11 is 6.22. The van der Waals surface area contributed by atoms with E-state index in [1.165, 1.54) is 12.1 Å². The number of aryl methyl sites for hydroxylation is 1. The number of aromatic nitrogens is 3. The number of rotatable bonds is 1. The average Bonchev–Trinajstić information content (AvgIpc) is 2.77. The lowest BCUT2D eigenvalue weighted by atomic mass is 9.97. The van der Waals surface area contributed by atoms with Gasteiger partial charge in [-0.25, -0.2) is 4.98 Å². The highest BCUT2D eigenvalue weighted by atomic mass is 35.5. The van der Waals surface area contributed by atoms with Gasteiger partial charge in [0.2, 0.25) is 0 Å². The Bertz CT molecular complexity index is 506. The molecule has 1 aliphatic rings. The molecule has 16 heavy (non-hydrogen) atoms. The van der Waals surface area contributed by atoms with Crippen molar-refractivity contribution in [3.63, 3.8) is 0 Å². The molecule has 0 bridgehead atoms. The van der Waals surface area contributed by atoms with Gasteiger partial charge in [0.15, 0.2) is 0 Å². The Labute approximate surface area is 99.1 Å². The molecule has 1 atom stereocenters. The Morgan fingerprint density at radius 1 is 1.31 bits per heavy atom. The molecule has 0 saturated heterocycles. The van der Waals surface area contributed by atoms with E-state index in [0.29, 0.717) is 6.04 Å². The minimum Gasteiger partial charge on any atom is -0.327 e. The zero-order chi connectivity index (χ0) is 11.0. The summed E-state index contributed by atoms with van der Waals surface area (Å²) in [7, 11) is 0. The van der Waals surface area contributed by atoms with Crippen molar-refractivity contribution in [3.8, 4) is 0 Å². The quantitative estimate of drug-likeness (QED) is 0.758. The summed E-state index contributed by atoms with van der Waals surface area (Å²) in [6.07, 6.45) is 10.8. The summed E-state index contributed by atoms with van der Waals surface area (Å²) in [5.41, 5.74) is 2.39. The van der Waals surface area contributed by atoms with Crippen molar-refractivity contribution in [1.29, 1.82) is 0 Å². The number of halogens is 1. The van der Waals surface area contributed by atoms with Gasteiger partial charge in [-0.2, -0.15) is 0 Å². The van der Waals surface area contributed by atoms with E-state index in [-0.39, 0.29) is 0 Å². The largest absolute Gasteiger partial charge is 0.327 e. The van der Waals surface area contributed by atoms with Crippen molar-refractivity contribution in [2.75, 3.05) is 0 Å². The molecular formula is C12H12ClN3. The SMILES string of the molecule is Clc1ccncc1C1CCCc2cncn21. The molecule has 2 aromatic rings. The van der Waals surface area contributed by atoms with E-state index in [9.17, 15) is 0 Å². The van der Waals surface area contributed by atoms with Crippen molar-refractivity contribution in [3.05, 3.63) is 47.3 Å². The van der Waals surface area contributed by atoms with Gasteiger partial charge < -0.3 is 4.57 Å². The molecule has 3 rings (SSSR count). The van der Waals surface area contributed by atoms with E-state index >= 15 is 0 Å². The maximum Gasteiger partial charge on any atom is 0.0953 e. The molecule has 0 amide bonds. The Morgan fingerprint density at radius 2 is 2.25 bits per heavy atom.